The van der Waals surface area contributed by atoms with E-state index in [-0.39, 0.29) is 37.8 Å². The van der Waals surface area contributed by atoms with Gasteiger partial charge in [0, 0.05) is 19.4 Å². The number of carbonyl (C=O) groups is 1. The average Bonchev–Trinajstić information content (AvgIpc) is 2.12. The van der Waals surface area contributed by atoms with Crippen molar-refractivity contribution >= 4 is 6.09 Å². The Labute approximate surface area is 106 Å². The number of rotatable bonds is 4. The molecular formula is C12H22F2N2O2. The molecule has 18 heavy (non-hydrogen) atoms. The van der Waals surface area contributed by atoms with E-state index in [1.54, 1.807) is 20.8 Å². The van der Waals surface area contributed by atoms with E-state index < -0.39 is 17.6 Å². The Morgan fingerprint density at radius 1 is 1.50 bits per heavy atom. The summed E-state index contributed by atoms with van der Waals surface area (Å²) in [6.07, 6.45) is -0.803. The highest BCUT2D eigenvalue weighted by atomic mass is 19.3. The number of nitrogens with one attached hydrogen (secondary N) is 1. The van der Waals surface area contributed by atoms with E-state index >= 15 is 0 Å². The van der Waals surface area contributed by atoms with Gasteiger partial charge < -0.3 is 15.8 Å². The van der Waals surface area contributed by atoms with Crippen LogP contribution in [0.1, 0.15) is 33.6 Å². The summed E-state index contributed by atoms with van der Waals surface area (Å²) in [5, 5.41) is 2.58. The van der Waals surface area contributed by atoms with E-state index in [0.29, 0.717) is 0 Å². The van der Waals surface area contributed by atoms with Crippen LogP contribution in [-0.4, -0.2) is 30.7 Å². The van der Waals surface area contributed by atoms with Crippen molar-refractivity contribution in [1.82, 2.24) is 5.32 Å². The molecule has 0 spiro atoms. The predicted octanol–water partition coefficient (Wildman–Crippen LogP) is 2.13. The molecule has 106 valence electrons. The van der Waals surface area contributed by atoms with E-state index in [9.17, 15) is 13.6 Å². The van der Waals surface area contributed by atoms with Crippen molar-refractivity contribution in [2.75, 3.05) is 13.1 Å². The quantitative estimate of drug-likeness (QED) is 0.817. The Morgan fingerprint density at radius 3 is 2.44 bits per heavy atom. The SMILES string of the molecule is CC(C)(C)OC(=O)NCC(CN)C1CC(F)(F)C1. The molecule has 1 atom stereocenters. The lowest BCUT2D eigenvalue weighted by Gasteiger charge is -2.39. The van der Waals surface area contributed by atoms with Crippen LogP contribution in [0.2, 0.25) is 0 Å². The van der Waals surface area contributed by atoms with E-state index in [2.05, 4.69) is 5.32 Å². The Hall–Kier alpha value is -0.910. The zero-order valence-electron chi connectivity index (χ0n) is 11.1. The van der Waals surface area contributed by atoms with Gasteiger partial charge in [-0.05, 0) is 39.2 Å². The molecule has 3 N–H and O–H groups in total. The minimum atomic E-state index is -2.55. The van der Waals surface area contributed by atoms with E-state index in [0.717, 1.165) is 0 Å². The van der Waals surface area contributed by atoms with Gasteiger partial charge in [0.1, 0.15) is 5.60 Å². The van der Waals surface area contributed by atoms with Gasteiger partial charge in [0.25, 0.3) is 0 Å². The van der Waals surface area contributed by atoms with Gasteiger partial charge in [-0.25, -0.2) is 13.6 Å². The third-order valence-electron chi connectivity index (χ3n) is 3.00. The fourth-order valence-corrected chi connectivity index (χ4v) is 2.01. The van der Waals surface area contributed by atoms with Crippen molar-refractivity contribution in [3.8, 4) is 0 Å². The monoisotopic (exact) mass is 264 g/mol. The van der Waals surface area contributed by atoms with E-state index in [4.69, 9.17) is 10.5 Å². The minimum absolute atomic E-state index is 0.111. The normalized spacial score (nSPS) is 21.0. The van der Waals surface area contributed by atoms with Gasteiger partial charge in [0.2, 0.25) is 5.92 Å². The van der Waals surface area contributed by atoms with Gasteiger partial charge >= 0.3 is 6.09 Å². The fraction of sp³-hybridized carbons (Fsp3) is 0.917. The second-order valence-electron chi connectivity index (χ2n) is 5.90. The summed E-state index contributed by atoms with van der Waals surface area (Å²) in [4.78, 5) is 11.4. The number of halogens is 2. The van der Waals surface area contributed by atoms with E-state index in [1.165, 1.54) is 0 Å². The second kappa shape index (κ2) is 5.38. The third-order valence-corrected chi connectivity index (χ3v) is 3.00. The van der Waals surface area contributed by atoms with Crippen LogP contribution in [0.25, 0.3) is 0 Å². The van der Waals surface area contributed by atoms with Crippen molar-refractivity contribution in [3.05, 3.63) is 0 Å². The summed E-state index contributed by atoms with van der Waals surface area (Å²) in [5.41, 5.74) is 4.98. The molecule has 0 aromatic rings. The summed E-state index contributed by atoms with van der Waals surface area (Å²) < 4.78 is 30.6. The molecule has 1 fully saturated rings. The van der Waals surface area contributed by atoms with Crippen molar-refractivity contribution < 1.29 is 18.3 Å². The number of hydrogen-bond donors (Lipinski definition) is 2. The van der Waals surface area contributed by atoms with Crippen LogP contribution in [0.5, 0.6) is 0 Å². The Bertz CT molecular complexity index is 295. The second-order valence-corrected chi connectivity index (χ2v) is 5.90. The van der Waals surface area contributed by atoms with Gasteiger partial charge in [-0.2, -0.15) is 0 Å². The van der Waals surface area contributed by atoms with Crippen LogP contribution in [0.3, 0.4) is 0 Å². The van der Waals surface area contributed by atoms with Crippen molar-refractivity contribution in [2.45, 2.75) is 45.1 Å². The van der Waals surface area contributed by atoms with Crippen LogP contribution >= 0.6 is 0 Å². The molecule has 0 aromatic heterocycles. The molecule has 0 heterocycles. The molecule has 1 unspecified atom stereocenters. The molecule has 0 aromatic carbocycles. The Morgan fingerprint density at radius 2 is 2.06 bits per heavy atom. The molecule has 1 amide bonds. The van der Waals surface area contributed by atoms with Crippen LogP contribution in [-0.2, 0) is 4.74 Å². The van der Waals surface area contributed by atoms with Crippen molar-refractivity contribution in [3.63, 3.8) is 0 Å². The third kappa shape index (κ3) is 4.76. The largest absolute Gasteiger partial charge is 0.444 e. The number of hydrogen-bond acceptors (Lipinski definition) is 3. The standard InChI is InChI=1S/C12H22F2N2O2/c1-11(2,3)18-10(17)16-7-9(6-15)8-4-12(13,14)5-8/h8-9H,4-7,15H2,1-3H3,(H,16,17). The molecule has 0 saturated heterocycles. The maximum absolute atomic E-state index is 12.8. The topological polar surface area (TPSA) is 64.3 Å². The number of alkyl carbamates (subject to hydrolysis) is 1. The van der Waals surface area contributed by atoms with Crippen molar-refractivity contribution in [1.29, 1.82) is 0 Å². The molecule has 4 nitrogen and oxygen atoms in total. The molecule has 1 rings (SSSR count). The molecular weight excluding hydrogens is 242 g/mol. The Balaban J connectivity index is 2.30. The molecule has 1 aliphatic rings. The maximum atomic E-state index is 12.8. The van der Waals surface area contributed by atoms with Crippen LogP contribution in [0.15, 0.2) is 0 Å². The van der Waals surface area contributed by atoms with Gasteiger partial charge in [-0.15, -0.1) is 0 Å². The summed E-state index contributed by atoms with van der Waals surface area (Å²) in [6.45, 7) is 5.86. The number of alkyl halides is 2. The Kier molecular flexibility index (Phi) is 4.53. The molecule has 1 saturated carbocycles. The zero-order chi connectivity index (χ0) is 14.0. The smallest absolute Gasteiger partial charge is 0.407 e. The molecule has 1 aliphatic carbocycles. The minimum Gasteiger partial charge on any atom is -0.444 e. The lowest BCUT2D eigenvalue weighted by atomic mass is 9.73. The predicted molar refractivity (Wildman–Crippen MR) is 64.5 cm³/mol. The summed E-state index contributed by atoms with van der Waals surface area (Å²) in [5.74, 6) is -2.78. The molecule has 0 aliphatic heterocycles. The highest BCUT2D eigenvalue weighted by molar-refractivity contribution is 5.67. The van der Waals surface area contributed by atoms with Crippen LogP contribution in [0, 0.1) is 11.8 Å². The highest BCUT2D eigenvalue weighted by Crippen LogP contribution is 2.45. The van der Waals surface area contributed by atoms with Gasteiger partial charge in [0.15, 0.2) is 0 Å². The van der Waals surface area contributed by atoms with Crippen molar-refractivity contribution in [2.24, 2.45) is 17.6 Å². The highest BCUT2D eigenvalue weighted by Gasteiger charge is 2.47. The number of nitrogens with two attached hydrogens (primary N) is 1. The fourth-order valence-electron chi connectivity index (χ4n) is 2.01. The first-order valence-electron chi connectivity index (χ1n) is 6.18. The van der Waals surface area contributed by atoms with Gasteiger partial charge in [0.05, 0.1) is 0 Å². The molecule has 0 bridgehead atoms. The van der Waals surface area contributed by atoms with Crippen LogP contribution in [0.4, 0.5) is 13.6 Å². The summed E-state index contributed by atoms with van der Waals surface area (Å²) in [7, 11) is 0. The number of ether oxygens (including phenoxy) is 1. The maximum Gasteiger partial charge on any atom is 0.407 e. The lowest BCUT2D eigenvalue weighted by Crippen LogP contribution is -2.46. The first-order valence-corrected chi connectivity index (χ1v) is 6.18. The first-order chi connectivity index (χ1) is 8.13. The average molecular weight is 264 g/mol. The summed E-state index contributed by atoms with van der Waals surface area (Å²) >= 11 is 0. The lowest BCUT2D eigenvalue weighted by molar-refractivity contribution is -0.124. The van der Waals surface area contributed by atoms with Gasteiger partial charge in [-0.1, -0.05) is 0 Å². The zero-order valence-corrected chi connectivity index (χ0v) is 11.1. The van der Waals surface area contributed by atoms with Crippen LogP contribution < -0.4 is 11.1 Å². The molecule has 6 heteroatoms. The number of carbonyl (C=O) groups excluding carboxylic acids is 1. The molecule has 0 radical (unpaired) electrons. The first kappa shape index (κ1) is 15.1. The number of amides is 1. The van der Waals surface area contributed by atoms with E-state index in [1.807, 2.05) is 0 Å². The summed E-state index contributed by atoms with van der Waals surface area (Å²) in [6, 6.07) is 0. The van der Waals surface area contributed by atoms with Gasteiger partial charge in [-0.3, -0.25) is 0 Å².